The summed E-state index contributed by atoms with van der Waals surface area (Å²) in [4.78, 5) is 11.8. The lowest BCUT2D eigenvalue weighted by atomic mass is 9.42. The van der Waals surface area contributed by atoms with E-state index in [4.69, 9.17) is 21.7 Å². The SMILES string of the molecule is CC(=O)OC1CC[C@]2(C)[C@H]3CC[C@]4(C)[C@@H]([C@H](C)CCCC(C)C)CC[C@H]4[C@@H]3C[C@@H]3NC(=S)O[C@@]32C1. The first-order valence-electron chi connectivity index (χ1n) is 14.7. The highest BCUT2D eigenvalue weighted by Gasteiger charge is 2.71. The van der Waals surface area contributed by atoms with Crippen LogP contribution in [0.4, 0.5) is 0 Å². The van der Waals surface area contributed by atoms with Crippen LogP contribution in [0.15, 0.2) is 0 Å². The Morgan fingerprint density at radius 3 is 2.60 bits per heavy atom. The highest BCUT2D eigenvalue weighted by atomic mass is 32.1. The summed E-state index contributed by atoms with van der Waals surface area (Å²) in [6, 6.07) is 0.240. The van der Waals surface area contributed by atoms with E-state index >= 15 is 0 Å². The molecular weight excluding hydrogens is 454 g/mol. The lowest BCUT2D eigenvalue weighted by Crippen LogP contribution is -2.69. The summed E-state index contributed by atoms with van der Waals surface area (Å²) in [5.74, 6) is 4.57. The Bertz CT molecular complexity index is 845. The van der Waals surface area contributed by atoms with Crippen molar-refractivity contribution in [3.8, 4) is 0 Å². The van der Waals surface area contributed by atoms with Gasteiger partial charge in [-0.05, 0) is 98.1 Å². The molecule has 1 aliphatic heterocycles. The van der Waals surface area contributed by atoms with Crippen molar-refractivity contribution in [2.45, 2.75) is 130 Å². The number of thiocarbonyl (C=S) groups is 1. The van der Waals surface area contributed by atoms with E-state index in [0.717, 1.165) is 55.3 Å². The summed E-state index contributed by atoms with van der Waals surface area (Å²) in [6.07, 6.45) is 13.5. The highest BCUT2D eigenvalue weighted by Crippen LogP contribution is 2.70. The zero-order chi connectivity index (χ0) is 25.2. The Morgan fingerprint density at radius 2 is 1.89 bits per heavy atom. The standard InChI is InChI=1S/C30H49NO3S/c1-18(2)8-7-9-19(3)23-10-11-24-22-16-26-30(34-27(35)31-26)17-21(33-20(4)32)12-15-29(30,6)25(22)13-14-28(23,24)5/h18-19,21-26H,7-17H2,1-6H3,(H,31,35)/t19-,21?,22+,23-,24+,25+,26+,28-,29-,30+/m1/s1. The third kappa shape index (κ3) is 4.05. The molecule has 1 heterocycles. The fourth-order valence-corrected chi connectivity index (χ4v) is 10.6. The average Bonchev–Trinajstić information content (AvgIpc) is 3.28. The molecule has 0 aromatic heterocycles. The molecule has 0 aromatic rings. The van der Waals surface area contributed by atoms with Gasteiger partial charge in [-0.15, -0.1) is 0 Å². The molecule has 4 nitrogen and oxygen atoms in total. The zero-order valence-electron chi connectivity index (χ0n) is 23.0. The van der Waals surface area contributed by atoms with Crippen molar-refractivity contribution in [2.75, 3.05) is 0 Å². The Labute approximate surface area is 219 Å². The molecule has 0 bridgehead atoms. The largest absolute Gasteiger partial charge is 0.462 e. The second-order valence-corrected chi connectivity index (χ2v) is 14.4. The summed E-state index contributed by atoms with van der Waals surface area (Å²) in [5.41, 5.74) is 0.219. The Kier molecular flexibility index (Phi) is 6.76. The zero-order valence-corrected chi connectivity index (χ0v) is 23.8. The van der Waals surface area contributed by atoms with Crippen molar-refractivity contribution in [1.29, 1.82) is 0 Å². The van der Waals surface area contributed by atoms with E-state index < -0.39 is 0 Å². The molecule has 0 aromatic carbocycles. The molecule has 0 amide bonds. The number of hydrogen-bond acceptors (Lipinski definition) is 4. The molecule has 5 heteroatoms. The van der Waals surface area contributed by atoms with Crippen LogP contribution in [0.3, 0.4) is 0 Å². The number of nitrogens with one attached hydrogen (secondary N) is 1. The van der Waals surface area contributed by atoms with E-state index in [9.17, 15) is 4.79 Å². The first-order valence-corrected chi connectivity index (χ1v) is 15.1. The number of esters is 1. The summed E-state index contributed by atoms with van der Waals surface area (Å²) < 4.78 is 12.4. The van der Waals surface area contributed by atoms with Gasteiger partial charge < -0.3 is 14.8 Å². The second kappa shape index (κ2) is 9.17. The molecule has 4 aliphatic carbocycles. The lowest BCUT2D eigenvalue weighted by molar-refractivity contribution is -0.214. The van der Waals surface area contributed by atoms with Crippen molar-refractivity contribution in [1.82, 2.24) is 5.32 Å². The van der Waals surface area contributed by atoms with Gasteiger partial charge in [0.15, 0.2) is 0 Å². The lowest BCUT2D eigenvalue weighted by Gasteiger charge is -2.65. The van der Waals surface area contributed by atoms with Gasteiger partial charge in [-0.1, -0.05) is 53.9 Å². The average molecular weight is 504 g/mol. The third-order valence-electron chi connectivity index (χ3n) is 11.9. The van der Waals surface area contributed by atoms with E-state index in [-0.39, 0.29) is 29.1 Å². The molecule has 1 N–H and O–H groups in total. The topological polar surface area (TPSA) is 47.6 Å². The van der Waals surface area contributed by atoms with Gasteiger partial charge in [-0.2, -0.15) is 0 Å². The van der Waals surface area contributed by atoms with Crippen LogP contribution in [0.5, 0.6) is 0 Å². The number of ether oxygens (including phenoxy) is 2. The minimum absolute atomic E-state index is 0.0567. The molecule has 4 saturated carbocycles. The van der Waals surface area contributed by atoms with E-state index in [1.807, 2.05) is 0 Å². The van der Waals surface area contributed by atoms with Crippen molar-refractivity contribution in [2.24, 2.45) is 46.3 Å². The molecule has 198 valence electrons. The van der Waals surface area contributed by atoms with Crippen LogP contribution in [-0.2, 0) is 14.3 Å². The number of carbonyl (C=O) groups is 1. The van der Waals surface area contributed by atoms with Gasteiger partial charge in [0.05, 0.1) is 6.04 Å². The second-order valence-electron chi connectivity index (χ2n) is 14.0. The smallest absolute Gasteiger partial charge is 0.302 e. The van der Waals surface area contributed by atoms with Crippen molar-refractivity contribution >= 4 is 23.4 Å². The van der Waals surface area contributed by atoms with Crippen molar-refractivity contribution in [3.05, 3.63) is 0 Å². The molecule has 5 aliphatic rings. The predicted molar refractivity (Wildman–Crippen MR) is 144 cm³/mol. The van der Waals surface area contributed by atoms with Crippen LogP contribution in [0.1, 0.15) is 112 Å². The van der Waals surface area contributed by atoms with Crippen LogP contribution >= 0.6 is 12.2 Å². The maximum Gasteiger partial charge on any atom is 0.302 e. The maximum absolute atomic E-state index is 11.8. The third-order valence-corrected chi connectivity index (χ3v) is 12.1. The normalized spacial score (nSPS) is 47.1. The van der Waals surface area contributed by atoms with Crippen molar-refractivity contribution < 1.29 is 14.3 Å². The minimum atomic E-state index is -0.334. The van der Waals surface area contributed by atoms with E-state index in [1.54, 1.807) is 0 Å². The Balaban J connectivity index is 1.38. The molecule has 35 heavy (non-hydrogen) atoms. The van der Waals surface area contributed by atoms with Gasteiger partial charge in [0.1, 0.15) is 11.7 Å². The molecule has 1 unspecified atom stereocenters. The van der Waals surface area contributed by atoms with Crippen LogP contribution < -0.4 is 5.32 Å². The van der Waals surface area contributed by atoms with E-state index in [0.29, 0.717) is 16.5 Å². The van der Waals surface area contributed by atoms with Gasteiger partial charge in [0.25, 0.3) is 5.17 Å². The van der Waals surface area contributed by atoms with Crippen LogP contribution in [0, 0.1) is 46.3 Å². The van der Waals surface area contributed by atoms with Gasteiger partial charge in [0.2, 0.25) is 0 Å². The van der Waals surface area contributed by atoms with Crippen molar-refractivity contribution in [3.63, 3.8) is 0 Å². The van der Waals surface area contributed by atoms with Crippen LogP contribution in [0.25, 0.3) is 0 Å². The monoisotopic (exact) mass is 503 g/mol. The number of rotatable bonds is 6. The van der Waals surface area contributed by atoms with E-state index in [1.165, 1.54) is 51.9 Å². The first-order chi connectivity index (χ1) is 16.5. The fraction of sp³-hybridized carbons (Fsp3) is 0.933. The fourth-order valence-electron chi connectivity index (χ4n) is 10.4. The quantitative estimate of drug-likeness (QED) is 0.311. The molecule has 5 rings (SSSR count). The van der Waals surface area contributed by atoms with Gasteiger partial charge in [0, 0.05) is 18.8 Å². The summed E-state index contributed by atoms with van der Waals surface area (Å²) >= 11 is 5.62. The first kappa shape index (κ1) is 25.8. The number of carbonyl (C=O) groups excluding carboxylic acids is 1. The van der Waals surface area contributed by atoms with Crippen LogP contribution in [0.2, 0.25) is 0 Å². The minimum Gasteiger partial charge on any atom is -0.462 e. The van der Waals surface area contributed by atoms with Crippen LogP contribution in [-0.4, -0.2) is 28.9 Å². The molecule has 10 atom stereocenters. The van der Waals surface area contributed by atoms with Gasteiger partial charge >= 0.3 is 5.97 Å². The number of fused-ring (bicyclic) bond motifs is 4. The number of hydrogen-bond donors (Lipinski definition) is 1. The highest BCUT2D eigenvalue weighted by molar-refractivity contribution is 7.80. The van der Waals surface area contributed by atoms with Gasteiger partial charge in [-0.3, -0.25) is 4.79 Å². The Hall–Kier alpha value is -0.840. The maximum atomic E-state index is 11.8. The summed E-state index contributed by atoms with van der Waals surface area (Å²) in [5, 5.41) is 4.18. The molecule has 0 radical (unpaired) electrons. The molecule has 1 saturated heterocycles. The Morgan fingerprint density at radius 1 is 1.11 bits per heavy atom. The van der Waals surface area contributed by atoms with Gasteiger partial charge in [-0.25, -0.2) is 0 Å². The predicted octanol–water partition coefficient (Wildman–Crippen LogP) is 7.05. The molecule has 5 fully saturated rings. The molecular formula is C30H49NO3S. The molecule has 1 spiro atoms. The van der Waals surface area contributed by atoms with E-state index in [2.05, 4.69) is 39.9 Å². The summed E-state index contributed by atoms with van der Waals surface area (Å²) in [7, 11) is 0. The summed E-state index contributed by atoms with van der Waals surface area (Å²) in [6.45, 7) is 14.0.